The van der Waals surface area contributed by atoms with E-state index in [0.29, 0.717) is 0 Å². The summed E-state index contributed by atoms with van der Waals surface area (Å²) in [5.41, 5.74) is 0. The molecule has 0 spiro atoms. The quantitative estimate of drug-likeness (QED) is 0.236. The second-order valence-electron chi connectivity index (χ2n) is 3.08. The zero-order valence-corrected chi connectivity index (χ0v) is 9.21. The standard InChI is InChI=1S/C6H13O10P/c7-1-2(8)3(9)4(10)5(11)6(12)16-17(13,14)15/h2-5,7-11H,1H2,(H2,13,14,15)/t2-,3-,4+,5-/m0/s1. The van der Waals surface area contributed by atoms with Crippen LogP contribution in [-0.2, 0) is 13.9 Å². The van der Waals surface area contributed by atoms with Crippen molar-refractivity contribution in [2.45, 2.75) is 24.4 Å². The van der Waals surface area contributed by atoms with Crippen molar-refractivity contribution < 1.29 is 49.2 Å². The number of hydrogen-bond acceptors (Lipinski definition) is 8. The Balaban J connectivity index is 4.54. The molecule has 0 heterocycles. The first-order chi connectivity index (χ1) is 7.60. The van der Waals surface area contributed by atoms with Crippen molar-refractivity contribution in [3.63, 3.8) is 0 Å². The highest BCUT2D eigenvalue weighted by atomic mass is 31.2. The summed E-state index contributed by atoms with van der Waals surface area (Å²) < 4.78 is 13.7. The van der Waals surface area contributed by atoms with Gasteiger partial charge in [0.15, 0.2) is 6.10 Å². The van der Waals surface area contributed by atoms with Crippen LogP contribution in [-0.4, -0.2) is 72.3 Å². The minimum absolute atomic E-state index is 0.960. The number of carbonyl (C=O) groups is 1. The molecule has 0 aromatic heterocycles. The lowest BCUT2D eigenvalue weighted by molar-refractivity contribution is -0.162. The highest BCUT2D eigenvalue weighted by Crippen LogP contribution is 2.36. The molecule has 0 fully saturated rings. The van der Waals surface area contributed by atoms with Crippen LogP contribution in [0.4, 0.5) is 0 Å². The van der Waals surface area contributed by atoms with E-state index in [4.69, 9.17) is 35.3 Å². The minimum Gasteiger partial charge on any atom is -0.394 e. The van der Waals surface area contributed by atoms with Gasteiger partial charge in [0.1, 0.15) is 18.3 Å². The molecular formula is C6H13O10P. The van der Waals surface area contributed by atoms with Crippen LogP contribution >= 0.6 is 7.82 Å². The summed E-state index contributed by atoms with van der Waals surface area (Å²) in [4.78, 5) is 27.3. The lowest BCUT2D eigenvalue weighted by Gasteiger charge is -2.24. The molecule has 0 rings (SSSR count). The zero-order valence-electron chi connectivity index (χ0n) is 8.32. The van der Waals surface area contributed by atoms with Gasteiger partial charge in [-0.1, -0.05) is 0 Å². The Hall–Kier alpha value is -0.580. The van der Waals surface area contributed by atoms with Crippen molar-refractivity contribution in [3.8, 4) is 0 Å². The smallest absolute Gasteiger partial charge is 0.394 e. The molecule has 0 radical (unpaired) electrons. The first-order valence-corrected chi connectivity index (χ1v) is 5.75. The van der Waals surface area contributed by atoms with Gasteiger partial charge in [-0.05, 0) is 0 Å². The highest BCUT2D eigenvalue weighted by molar-refractivity contribution is 7.46. The Bertz CT molecular complexity index is 299. The van der Waals surface area contributed by atoms with E-state index in [2.05, 4.69) is 4.52 Å². The van der Waals surface area contributed by atoms with Crippen molar-refractivity contribution in [1.29, 1.82) is 0 Å². The molecule has 4 atom stereocenters. The van der Waals surface area contributed by atoms with Crippen molar-refractivity contribution in [2.75, 3.05) is 6.61 Å². The first-order valence-electron chi connectivity index (χ1n) is 4.22. The summed E-state index contributed by atoms with van der Waals surface area (Å²) >= 11 is 0. The van der Waals surface area contributed by atoms with E-state index in [9.17, 15) is 9.36 Å². The van der Waals surface area contributed by atoms with Crippen molar-refractivity contribution >= 4 is 13.8 Å². The number of phosphoric acid groups is 1. The second-order valence-corrected chi connectivity index (χ2v) is 4.24. The van der Waals surface area contributed by atoms with Crippen LogP contribution < -0.4 is 0 Å². The predicted octanol–water partition coefficient (Wildman–Crippen LogP) is -3.94. The average molecular weight is 276 g/mol. The molecular weight excluding hydrogens is 263 g/mol. The number of carbonyl (C=O) groups excluding carboxylic acids is 1. The highest BCUT2D eigenvalue weighted by Gasteiger charge is 2.37. The molecule has 0 aromatic carbocycles. The fourth-order valence-corrected chi connectivity index (χ4v) is 1.18. The largest absolute Gasteiger partial charge is 0.527 e. The molecule has 7 N–H and O–H groups in total. The lowest BCUT2D eigenvalue weighted by Crippen LogP contribution is -2.48. The number of aliphatic hydroxyl groups is 5. The Morgan fingerprint density at radius 2 is 1.59 bits per heavy atom. The van der Waals surface area contributed by atoms with Crippen LogP contribution in [0, 0.1) is 0 Å². The zero-order chi connectivity index (χ0) is 13.8. The van der Waals surface area contributed by atoms with Gasteiger partial charge in [0.25, 0.3) is 0 Å². The Morgan fingerprint density at radius 3 is 1.94 bits per heavy atom. The van der Waals surface area contributed by atoms with Crippen LogP contribution in [0.2, 0.25) is 0 Å². The summed E-state index contributed by atoms with van der Waals surface area (Å²) in [5, 5.41) is 44.6. The van der Waals surface area contributed by atoms with Crippen molar-refractivity contribution in [2.24, 2.45) is 0 Å². The van der Waals surface area contributed by atoms with Crippen LogP contribution in [0.1, 0.15) is 0 Å². The van der Waals surface area contributed by atoms with E-state index in [0.717, 1.165) is 0 Å². The van der Waals surface area contributed by atoms with E-state index in [1.54, 1.807) is 0 Å². The Kier molecular flexibility index (Phi) is 6.16. The summed E-state index contributed by atoms with van der Waals surface area (Å²) in [7, 11) is -5.19. The van der Waals surface area contributed by atoms with E-state index >= 15 is 0 Å². The van der Waals surface area contributed by atoms with Crippen LogP contribution in [0.25, 0.3) is 0 Å². The maximum atomic E-state index is 10.8. The molecule has 0 unspecified atom stereocenters. The van der Waals surface area contributed by atoms with Gasteiger partial charge in [0, 0.05) is 0 Å². The lowest BCUT2D eigenvalue weighted by atomic mass is 10.0. The number of rotatable bonds is 6. The van der Waals surface area contributed by atoms with Gasteiger partial charge in [0.05, 0.1) is 6.61 Å². The number of aliphatic hydroxyl groups excluding tert-OH is 5. The average Bonchev–Trinajstić information content (AvgIpc) is 2.22. The molecule has 0 saturated carbocycles. The fourth-order valence-electron chi connectivity index (χ4n) is 0.833. The van der Waals surface area contributed by atoms with Gasteiger partial charge >= 0.3 is 13.8 Å². The molecule has 10 nitrogen and oxygen atoms in total. The Morgan fingerprint density at radius 1 is 1.12 bits per heavy atom. The molecule has 0 bridgehead atoms. The monoisotopic (exact) mass is 276 g/mol. The fraction of sp³-hybridized carbons (Fsp3) is 0.833. The predicted molar refractivity (Wildman–Crippen MR) is 49.2 cm³/mol. The summed E-state index contributed by atoms with van der Waals surface area (Å²) in [6, 6.07) is 0. The van der Waals surface area contributed by atoms with E-state index < -0.39 is 44.8 Å². The molecule has 0 aliphatic heterocycles. The molecule has 0 saturated heterocycles. The topological polar surface area (TPSA) is 185 Å². The van der Waals surface area contributed by atoms with Crippen LogP contribution in [0.3, 0.4) is 0 Å². The third kappa shape index (κ3) is 5.52. The van der Waals surface area contributed by atoms with Gasteiger partial charge in [-0.15, -0.1) is 0 Å². The normalized spacial score (nSPS) is 19.2. The SMILES string of the molecule is O=C(OP(=O)(O)O)[C@@H](O)[C@H](O)[C@@H](O)[C@@H](O)CO. The number of phosphoric ester groups is 1. The first kappa shape index (κ1) is 16.4. The second kappa shape index (κ2) is 6.38. The molecule has 0 aliphatic rings. The van der Waals surface area contributed by atoms with Crippen LogP contribution in [0.15, 0.2) is 0 Å². The third-order valence-electron chi connectivity index (χ3n) is 1.71. The molecule has 0 aromatic rings. The summed E-state index contributed by atoms with van der Waals surface area (Å²) in [6.07, 6.45) is -8.71. The van der Waals surface area contributed by atoms with Gasteiger partial charge in [-0.25, -0.2) is 9.36 Å². The molecule has 0 aliphatic carbocycles. The molecule has 17 heavy (non-hydrogen) atoms. The molecule has 102 valence electrons. The van der Waals surface area contributed by atoms with Crippen molar-refractivity contribution in [1.82, 2.24) is 0 Å². The third-order valence-corrected chi connectivity index (χ3v) is 2.12. The van der Waals surface area contributed by atoms with Gasteiger partial charge < -0.3 is 30.1 Å². The number of hydrogen-bond donors (Lipinski definition) is 7. The van der Waals surface area contributed by atoms with E-state index in [1.165, 1.54) is 0 Å². The van der Waals surface area contributed by atoms with Crippen molar-refractivity contribution in [3.05, 3.63) is 0 Å². The van der Waals surface area contributed by atoms with Gasteiger partial charge in [-0.3, -0.25) is 9.79 Å². The minimum atomic E-state index is -5.19. The van der Waals surface area contributed by atoms with E-state index in [1.807, 2.05) is 0 Å². The Labute approximate surface area is 94.9 Å². The van der Waals surface area contributed by atoms with Crippen LogP contribution in [0.5, 0.6) is 0 Å². The van der Waals surface area contributed by atoms with E-state index in [-0.39, 0.29) is 0 Å². The van der Waals surface area contributed by atoms with Gasteiger partial charge in [0.2, 0.25) is 0 Å². The molecule has 11 heteroatoms. The maximum absolute atomic E-state index is 10.8. The summed E-state index contributed by atoms with van der Waals surface area (Å²) in [5.74, 6) is -1.88. The summed E-state index contributed by atoms with van der Waals surface area (Å²) in [6.45, 7) is -0.960. The van der Waals surface area contributed by atoms with Gasteiger partial charge in [-0.2, -0.15) is 0 Å². The maximum Gasteiger partial charge on any atom is 0.527 e. The molecule has 0 amide bonds.